The van der Waals surface area contributed by atoms with Crippen molar-refractivity contribution in [1.82, 2.24) is 10.2 Å². The predicted molar refractivity (Wildman–Crippen MR) is 63.6 cm³/mol. The third-order valence-corrected chi connectivity index (χ3v) is 2.51. The number of H-pyrrole nitrogens is 1. The van der Waals surface area contributed by atoms with Crippen LogP contribution in [0, 0.1) is 24.1 Å². The zero-order chi connectivity index (χ0) is 13.0. The lowest BCUT2D eigenvalue weighted by molar-refractivity contribution is 0.318. The lowest BCUT2D eigenvalue weighted by Gasteiger charge is -2.08. The van der Waals surface area contributed by atoms with Crippen molar-refractivity contribution in [3.05, 3.63) is 47.0 Å². The summed E-state index contributed by atoms with van der Waals surface area (Å²) >= 11 is 0. The van der Waals surface area contributed by atoms with Gasteiger partial charge in [0.15, 0.2) is 5.69 Å². The number of halogens is 1. The van der Waals surface area contributed by atoms with Crippen LogP contribution in [0.4, 0.5) is 4.39 Å². The second-order valence-electron chi connectivity index (χ2n) is 3.90. The van der Waals surface area contributed by atoms with Crippen LogP contribution in [0.1, 0.15) is 17.0 Å². The van der Waals surface area contributed by atoms with Gasteiger partial charge in [-0.05, 0) is 36.8 Å². The van der Waals surface area contributed by atoms with Crippen molar-refractivity contribution in [2.24, 2.45) is 0 Å². The van der Waals surface area contributed by atoms with Gasteiger partial charge in [0.2, 0.25) is 0 Å². The highest BCUT2D eigenvalue weighted by molar-refractivity contribution is 5.32. The van der Waals surface area contributed by atoms with Gasteiger partial charge in [-0.2, -0.15) is 10.4 Å². The van der Waals surface area contributed by atoms with E-state index in [2.05, 4.69) is 10.2 Å². The van der Waals surface area contributed by atoms with Gasteiger partial charge in [-0.1, -0.05) is 0 Å². The number of hydrogen-bond donors (Lipinski definition) is 1. The zero-order valence-corrected chi connectivity index (χ0v) is 9.90. The fourth-order valence-electron chi connectivity index (χ4n) is 1.59. The largest absolute Gasteiger partial charge is 0.493 e. The summed E-state index contributed by atoms with van der Waals surface area (Å²) in [5.41, 5.74) is 1.96. The molecule has 1 N–H and O–H groups in total. The number of nitriles is 1. The molecule has 4 nitrogen and oxygen atoms in total. The van der Waals surface area contributed by atoms with E-state index in [1.54, 1.807) is 19.1 Å². The first-order valence-corrected chi connectivity index (χ1v) is 5.52. The molecule has 0 aliphatic carbocycles. The Morgan fingerprint density at radius 3 is 2.94 bits per heavy atom. The SMILES string of the molecule is Cc1cc(F)ccc1OCCc1cc(C#N)n[nH]1. The summed E-state index contributed by atoms with van der Waals surface area (Å²) in [5.74, 6) is 0.392. The Balaban J connectivity index is 1.90. The lowest BCUT2D eigenvalue weighted by atomic mass is 10.2. The highest BCUT2D eigenvalue weighted by Gasteiger charge is 2.03. The fourth-order valence-corrected chi connectivity index (χ4v) is 1.59. The van der Waals surface area contributed by atoms with Crippen molar-refractivity contribution in [3.63, 3.8) is 0 Å². The van der Waals surface area contributed by atoms with Gasteiger partial charge in [0, 0.05) is 12.1 Å². The lowest BCUT2D eigenvalue weighted by Crippen LogP contribution is -2.03. The first-order chi connectivity index (χ1) is 8.69. The van der Waals surface area contributed by atoms with E-state index in [1.165, 1.54) is 12.1 Å². The zero-order valence-electron chi connectivity index (χ0n) is 9.90. The Labute approximate surface area is 104 Å². The van der Waals surface area contributed by atoms with Crippen LogP contribution in [-0.4, -0.2) is 16.8 Å². The second-order valence-corrected chi connectivity index (χ2v) is 3.90. The van der Waals surface area contributed by atoms with Crippen LogP contribution in [-0.2, 0) is 6.42 Å². The first kappa shape index (κ1) is 12.1. The van der Waals surface area contributed by atoms with E-state index in [4.69, 9.17) is 10.00 Å². The third-order valence-electron chi connectivity index (χ3n) is 2.51. The van der Waals surface area contributed by atoms with Crippen LogP contribution in [0.3, 0.4) is 0 Å². The van der Waals surface area contributed by atoms with E-state index >= 15 is 0 Å². The molecule has 2 aromatic rings. The molecule has 0 saturated carbocycles. The number of nitrogens with one attached hydrogen (secondary N) is 1. The Morgan fingerprint density at radius 1 is 1.44 bits per heavy atom. The highest BCUT2D eigenvalue weighted by atomic mass is 19.1. The molecule has 0 radical (unpaired) electrons. The minimum atomic E-state index is -0.271. The maximum atomic E-state index is 12.9. The molecular weight excluding hydrogens is 233 g/mol. The summed E-state index contributed by atoms with van der Waals surface area (Å²) in [7, 11) is 0. The summed E-state index contributed by atoms with van der Waals surface area (Å²) in [6, 6.07) is 8.03. The van der Waals surface area contributed by atoms with Crippen molar-refractivity contribution >= 4 is 0 Å². The number of nitrogens with zero attached hydrogens (tertiary/aromatic N) is 2. The Morgan fingerprint density at radius 2 is 2.28 bits per heavy atom. The van der Waals surface area contributed by atoms with Crippen LogP contribution >= 0.6 is 0 Å². The number of ether oxygens (including phenoxy) is 1. The number of aromatic nitrogens is 2. The number of rotatable bonds is 4. The van der Waals surface area contributed by atoms with Crippen molar-refractivity contribution in [2.45, 2.75) is 13.3 Å². The van der Waals surface area contributed by atoms with Gasteiger partial charge in [0.05, 0.1) is 6.61 Å². The molecule has 5 heteroatoms. The van der Waals surface area contributed by atoms with Gasteiger partial charge in [-0.15, -0.1) is 0 Å². The van der Waals surface area contributed by atoms with E-state index in [9.17, 15) is 4.39 Å². The standard InChI is InChI=1S/C13H12FN3O/c1-9-6-10(14)2-3-13(9)18-5-4-11-7-12(8-15)17-16-11/h2-3,6-7H,4-5H2,1H3,(H,16,17). The fraction of sp³-hybridized carbons (Fsp3) is 0.231. The summed E-state index contributed by atoms with van der Waals surface area (Å²) < 4.78 is 18.4. The second kappa shape index (κ2) is 5.32. The highest BCUT2D eigenvalue weighted by Crippen LogP contribution is 2.18. The maximum absolute atomic E-state index is 12.9. The maximum Gasteiger partial charge on any atom is 0.162 e. The van der Waals surface area contributed by atoms with Crippen LogP contribution in [0.25, 0.3) is 0 Å². The summed E-state index contributed by atoms with van der Waals surface area (Å²) in [4.78, 5) is 0. The molecular formula is C13H12FN3O. The van der Waals surface area contributed by atoms with Crippen LogP contribution in [0.5, 0.6) is 5.75 Å². The molecule has 0 amide bonds. The van der Waals surface area contributed by atoms with Crippen molar-refractivity contribution in [2.75, 3.05) is 6.61 Å². The van der Waals surface area contributed by atoms with Crippen molar-refractivity contribution < 1.29 is 9.13 Å². The van der Waals surface area contributed by atoms with Crippen LogP contribution < -0.4 is 4.74 Å². The Kier molecular flexibility index (Phi) is 3.58. The number of aromatic amines is 1. The number of hydrogen-bond acceptors (Lipinski definition) is 3. The minimum absolute atomic E-state index is 0.271. The van der Waals surface area contributed by atoms with Gasteiger partial charge in [0.1, 0.15) is 17.6 Å². The van der Waals surface area contributed by atoms with E-state index in [0.717, 1.165) is 11.3 Å². The van der Waals surface area contributed by atoms with Gasteiger partial charge in [0.25, 0.3) is 0 Å². The van der Waals surface area contributed by atoms with Gasteiger partial charge in [-0.3, -0.25) is 5.10 Å². The smallest absolute Gasteiger partial charge is 0.162 e. The molecule has 0 aliphatic rings. The normalized spacial score (nSPS) is 10.1. The van der Waals surface area contributed by atoms with Gasteiger partial charge >= 0.3 is 0 Å². The molecule has 1 heterocycles. The van der Waals surface area contributed by atoms with E-state index < -0.39 is 0 Å². The molecule has 1 aromatic carbocycles. The third kappa shape index (κ3) is 2.86. The van der Waals surface area contributed by atoms with E-state index in [0.29, 0.717) is 24.5 Å². The van der Waals surface area contributed by atoms with Crippen LogP contribution in [0.15, 0.2) is 24.3 Å². The predicted octanol–water partition coefficient (Wildman–Crippen LogP) is 2.35. The monoisotopic (exact) mass is 245 g/mol. The molecule has 0 bridgehead atoms. The topological polar surface area (TPSA) is 61.7 Å². The molecule has 0 aliphatic heterocycles. The average Bonchev–Trinajstić information content (AvgIpc) is 2.80. The molecule has 2 rings (SSSR count). The van der Waals surface area contributed by atoms with Gasteiger partial charge in [-0.25, -0.2) is 4.39 Å². The number of benzene rings is 1. The summed E-state index contributed by atoms with van der Waals surface area (Å²) in [5, 5.41) is 15.2. The Bertz CT molecular complexity index is 586. The minimum Gasteiger partial charge on any atom is -0.493 e. The first-order valence-electron chi connectivity index (χ1n) is 5.52. The molecule has 18 heavy (non-hydrogen) atoms. The van der Waals surface area contributed by atoms with Gasteiger partial charge < -0.3 is 4.74 Å². The number of aryl methyl sites for hydroxylation is 1. The summed E-state index contributed by atoms with van der Waals surface area (Å²) in [6.45, 7) is 2.24. The molecule has 0 spiro atoms. The molecule has 0 fully saturated rings. The van der Waals surface area contributed by atoms with E-state index in [-0.39, 0.29) is 5.82 Å². The molecule has 92 valence electrons. The molecule has 0 unspecified atom stereocenters. The van der Waals surface area contributed by atoms with Crippen molar-refractivity contribution in [3.8, 4) is 11.8 Å². The summed E-state index contributed by atoms with van der Waals surface area (Å²) in [6.07, 6.45) is 0.617. The quantitative estimate of drug-likeness (QED) is 0.899. The molecule has 0 atom stereocenters. The Hall–Kier alpha value is -2.35. The van der Waals surface area contributed by atoms with Crippen LogP contribution in [0.2, 0.25) is 0 Å². The van der Waals surface area contributed by atoms with Crippen molar-refractivity contribution in [1.29, 1.82) is 5.26 Å². The average molecular weight is 245 g/mol. The molecule has 1 aromatic heterocycles. The molecule has 0 saturated heterocycles. The van der Waals surface area contributed by atoms with E-state index in [1.807, 2.05) is 6.07 Å².